The molecule has 2 fully saturated rings. The standard InChI is InChI=1S/2C5H10O.C4H4O.C4H10O/c2*1-2-4-6-5-3-1;1-2-4-5-3-1;1-3-5-4-2/h2*1-5H2;1-4H;3-4H2,1-2H3. The monoisotopic (exact) mass is 314 g/mol. The number of ether oxygens (including phenoxy) is 3. The first-order valence-corrected chi connectivity index (χ1v) is 8.62. The summed E-state index contributed by atoms with van der Waals surface area (Å²) >= 11 is 0. The van der Waals surface area contributed by atoms with Crippen molar-refractivity contribution in [1.29, 1.82) is 0 Å². The molecule has 2 saturated heterocycles. The van der Waals surface area contributed by atoms with Gasteiger partial charge >= 0.3 is 0 Å². The molecule has 2 aliphatic rings. The van der Waals surface area contributed by atoms with Crippen LogP contribution in [0.25, 0.3) is 0 Å². The molecule has 4 nitrogen and oxygen atoms in total. The fraction of sp³-hybridized carbons (Fsp3) is 0.778. The molecular formula is C18H34O4. The summed E-state index contributed by atoms with van der Waals surface area (Å²) in [4.78, 5) is 0. The minimum absolute atomic E-state index is 0.844. The molecule has 0 aliphatic carbocycles. The normalized spacial score (nSPS) is 16.8. The summed E-state index contributed by atoms with van der Waals surface area (Å²) in [5.41, 5.74) is 0. The van der Waals surface area contributed by atoms with Gasteiger partial charge in [-0.1, -0.05) is 0 Å². The molecule has 2 aliphatic heterocycles. The molecule has 3 heterocycles. The number of furan rings is 1. The molecule has 1 aromatic heterocycles. The summed E-state index contributed by atoms with van der Waals surface area (Å²) in [7, 11) is 0. The van der Waals surface area contributed by atoms with Gasteiger partial charge in [0.25, 0.3) is 0 Å². The first-order valence-electron chi connectivity index (χ1n) is 8.62. The minimum Gasteiger partial charge on any atom is -0.473 e. The van der Waals surface area contributed by atoms with E-state index in [0.717, 1.165) is 39.6 Å². The van der Waals surface area contributed by atoms with Crippen LogP contribution in [0.3, 0.4) is 0 Å². The van der Waals surface area contributed by atoms with E-state index in [2.05, 4.69) is 4.42 Å². The first kappa shape index (κ1) is 21.2. The Labute approximate surface area is 136 Å². The molecule has 0 saturated carbocycles. The Balaban J connectivity index is 0.000000269. The van der Waals surface area contributed by atoms with Crippen LogP contribution in [0.15, 0.2) is 29.1 Å². The highest BCUT2D eigenvalue weighted by Crippen LogP contribution is 2.02. The van der Waals surface area contributed by atoms with Gasteiger partial charge in [-0.25, -0.2) is 0 Å². The largest absolute Gasteiger partial charge is 0.473 e. The second-order valence-electron chi connectivity index (χ2n) is 4.92. The Morgan fingerprint density at radius 3 is 1.18 bits per heavy atom. The lowest BCUT2D eigenvalue weighted by Crippen LogP contribution is -2.03. The molecule has 130 valence electrons. The fourth-order valence-corrected chi connectivity index (χ4v) is 1.81. The van der Waals surface area contributed by atoms with E-state index in [0.29, 0.717) is 0 Å². The Hall–Kier alpha value is -0.840. The van der Waals surface area contributed by atoms with E-state index in [9.17, 15) is 0 Å². The van der Waals surface area contributed by atoms with Gasteiger partial charge in [0.1, 0.15) is 0 Å². The summed E-state index contributed by atoms with van der Waals surface area (Å²) in [5.74, 6) is 0. The summed E-state index contributed by atoms with van der Waals surface area (Å²) in [6.45, 7) is 9.67. The smallest absolute Gasteiger partial charge is 0.0902 e. The molecule has 0 N–H and O–H groups in total. The molecule has 0 aromatic carbocycles. The summed E-state index contributed by atoms with van der Waals surface area (Å²) in [5, 5.41) is 0. The third-order valence-corrected chi connectivity index (χ3v) is 2.99. The molecule has 22 heavy (non-hydrogen) atoms. The van der Waals surface area contributed by atoms with Crippen molar-refractivity contribution in [3.8, 4) is 0 Å². The molecule has 1 aromatic rings. The van der Waals surface area contributed by atoms with Gasteiger partial charge in [-0.15, -0.1) is 0 Å². The van der Waals surface area contributed by atoms with Gasteiger partial charge in [-0.2, -0.15) is 0 Å². The SMILES string of the molecule is C1CCOCC1.C1CCOCC1.CCOCC.c1ccoc1. The maximum absolute atomic E-state index is 5.07. The third-order valence-electron chi connectivity index (χ3n) is 2.99. The number of rotatable bonds is 2. The van der Waals surface area contributed by atoms with Crippen molar-refractivity contribution in [2.45, 2.75) is 52.4 Å². The molecule has 0 bridgehead atoms. The average Bonchev–Trinajstić information content (AvgIpc) is 3.20. The van der Waals surface area contributed by atoms with Crippen LogP contribution in [0.2, 0.25) is 0 Å². The van der Waals surface area contributed by atoms with Gasteiger partial charge < -0.3 is 18.6 Å². The van der Waals surface area contributed by atoms with Crippen molar-refractivity contribution in [3.05, 3.63) is 24.7 Å². The first-order chi connectivity index (χ1) is 10.9. The fourth-order valence-electron chi connectivity index (χ4n) is 1.81. The Bertz CT molecular complexity index is 200. The maximum atomic E-state index is 5.07. The van der Waals surface area contributed by atoms with Gasteiger partial charge in [0.15, 0.2) is 0 Å². The summed E-state index contributed by atoms with van der Waals surface area (Å²) in [6.07, 6.45) is 11.1. The van der Waals surface area contributed by atoms with Crippen molar-refractivity contribution in [3.63, 3.8) is 0 Å². The topological polar surface area (TPSA) is 40.8 Å². The predicted octanol–water partition coefficient (Wildman–Crippen LogP) is 4.70. The van der Waals surface area contributed by atoms with E-state index in [-0.39, 0.29) is 0 Å². The zero-order valence-corrected chi connectivity index (χ0v) is 14.4. The second kappa shape index (κ2) is 20.2. The predicted molar refractivity (Wildman–Crippen MR) is 90.2 cm³/mol. The van der Waals surface area contributed by atoms with Crippen LogP contribution in [0.1, 0.15) is 52.4 Å². The number of hydrogen-bond acceptors (Lipinski definition) is 4. The van der Waals surface area contributed by atoms with Crippen LogP contribution in [0.4, 0.5) is 0 Å². The summed E-state index contributed by atoms with van der Waals surface area (Å²) in [6, 6.07) is 3.67. The van der Waals surface area contributed by atoms with Gasteiger partial charge in [0, 0.05) is 39.6 Å². The lowest BCUT2D eigenvalue weighted by Gasteiger charge is -2.08. The Kier molecular flexibility index (Phi) is 19.4. The average molecular weight is 314 g/mol. The third kappa shape index (κ3) is 19.2. The Morgan fingerprint density at radius 2 is 1.09 bits per heavy atom. The van der Waals surface area contributed by atoms with Crippen LogP contribution in [-0.2, 0) is 14.2 Å². The van der Waals surface area contributed by atoms with E-state index in [1.165, 1.54) is 38.5 Å². The molecule has 0 radical (unpaired) electrons. The molecule has 4 heteroatoms. The Morgan fingerprint density at radius 1 is 0.682 bits per heavy atom. The highest BCUT2D eigenvalue weighted by atomic mass is 16.5. The van der Waals surface area contributed by atoms with Gasteiger partial charge in [-0.3, -0.25) is 0 Å². The van der Waals surface area contributed by atoms with Gasteiger partial charge in [-0.05, 0) is 64.5 Å². The van der Waals surface area contributed by atoms with Crippen molar-refractivity contribution >= 4 is 0 Å². The molecule has 0 amide bonds. The highest BCUT2D eigenvalue weighted by Gasteiger charge is 1.95. The van der Waals surface area contributed by atoms with Crippen LogP contribution in [0, 0.1) is 0 Å². The second-order valence-corrected chi connectivity index (χ2v) is 4.92. The van der Waals surface area contributed by atoms with E-state index >= 15 is 0 Å². The van der Waals surface area contributed by atoms with Crippen molar-refractivity contribution in [2.75, 3.05) is 39.6 Å². The maximum Gasteiger partial charge on any atom is 0.0902 e. The van der Waals surface area contributed by atoms with Crippen LogP contribution in [-0.4, -0.2) is 39.6 Å². The molecule has 0 spiro atoms. The van der Waals surface area contributed by atoms with Crippen molar-refractivity contribution in [2.24, 2.45) is 0 Å². The zero-order valence-electron chi connectivity index (χ0n) is 14.4. The number of hydrogen-bond donors (Lipinski definition) is 0. The van der Waals surface area contributed by atoms with Crippen LogP contribution in [0.5, 0.6) is 0 Å². The minimum atomic E-state index is 0.844. The quantitative estimate of drug-likeness (QED) is 0.793. The van der Waals surface area contributed by atoms with E-state index in [1.54, 1.807) is 12.5 Å². The highest BCUT2D eigenvalue weighted by molar-refractivity contribution is 4.79. The van der Waals surface area contributed by atoms with Crippen molar-refractivity contribution in [1.82, 2.24) is 0 Å². The van der Waals surface area contributed by atoms with E-state index in [4.69, 9.17) is 14.2 Å². The van der Waals surface area contributed by atoms with Crippen LogP contribution < -0.4 is 0 Å². The molecule has 3 rings (SSSR count). The lowest BCUT2D eigenvalue weighted by molar-refractivity contribution is 0.0967. The van der Waals surface area contributed by atoms with E-state index < -0.39 is 0 Å². The van der Waals surface area contributed by atoms with Gasteiger partial charge in [0.05, 0.1) is 12.5 Å². The molecule has 0 unspecified atom stereocenters. The van der Waals surface area contributed by atoms with Gasteiger partial charge in [0.2, 0.25) is 0 Å². The lowest BCUT2D eigenvalue weighted by atomic mass is 10.2. The van der Waals surface area contributed by atoms with Crippen molar-refractivity contribution < 1.29 is 18.6 Å². The molecular weight excluding hydrogens is 280 g/mol. The van der Waals surface area contributed by atoms with E-state index in [1.807, 2.05) is 26.0 Å². The summed E-state index contributed by atoms with van der Waals surface area (Å²) < 4.78 is 19.6. The zero-order chi connectivity index (χ0) is 16.1. The molecule has 0 atom stereocenters. The van der Waals surface area contributed by atoms with Crippen LogP contribution >= 0.6 is 0 Å².